The summed E-state index contributed by atoms with van der Waals surface area (Å²) in [5.41, 5.74) is 0.766. The van der Waals surface area contributed by atoms with E-state index in [9.17, 15) is 22.8 Å². The number of alkyl halides is 3. The largest absolute Gasteiger partial charge is 0.491 e. The van der Waals surface area contributed by atoms with Crippen molar-refractivity contribution in [2.75, 3.05) is 45.7 Å². The van der Waals surface area contributed by atoms with Gasteiger partial charge in [-0.1, -0.05) is 6.92 Å². The molecule has 0 aromatic heterocycles. The van der Waals surface area contributed by atoms with Gasteiger partial charge in [0.15, 0.2) is 0 Å². The predicted octanol–water partition coefficient (Wildman–Crippen LogP) is 3.40. The molecular weight excluding hydrogens is 427 g/mol. The Labute approximate surface area is 186 Å². The lowest BCUT2D eigenvalue weighted by atomic mass is 10.0. The molecule has 0 spiro atoms. The Bertz CT molecular complexity index is 803. The Balaban J connectivity index is 2.39. The number of carbonyl (C=O) groups excluding carboxylic acids is 2. The summed E-state index contributed by atoms with van der Waals surface area (Å²) in [6.45, 7) is 5.61. The number of fused-ring (bicyclic) bond motifs is 1. The third-order valence-electron chi connectivity index (χ3n) is 5.58. The van der Waals surface area contributed by atoms with Gasteiger partial charge in [0.05, 0.1) is 18.1 Å². The summed E-state index contributed by atoms with van der Waals surface area (Å²) < 4.78 is 50.2. The number of hydrogen-bond donors (Lipinski definition) is 1. The molecule has 1 N–H and O–H groups in total. The van der Waals surface area contributed by atoms with Crippen molar-refractivity contribution in [2.45, 2.75) is 45.5 Å². The van der Waals surface area contributed by atoms with Crippen LogP contribution in [0.2, 0.25) is 0 Å². The first-order valence-corrected chi connectivity index (χ1v) is 10.5. The molecule has 0 saturated heterocycles. The third-order valence-corrected chi connectivity index (χ3v) is 5.58. The molecule has 7 nitrogen and oxygen atoms in total. The number of amides is 2. The van der Waals surface area contributed by atoms with E-state index in [4.69, 9.17) is 9.47 Å². The van der Waals surface area contributed by atoms with E-state index in [1.54, 1.807) is 37.1 Å². The highest BCUT2D eigenvalue weighted by Crippen LogP contribution is 2.27. The molecule has 0 radical (unpaired) electrons. The zero-order chi connectivity index (χ0) is 24.1. The number of hydrogen-bond acceptors (Lipinski definition) is 5. The second kappa shape index (κ2) is 11.0. The second-order valence-electron chi connectivity index (χ2n) is 8.35. The van der Waals surface area contributed by atoms with Crippen molar-refractivity contribution >= 4 is 17.5 Å². The third kappa shape index (κ3) is 7.37. The van der Waals surface area contributed by atoms with Crippen LogP contribution in [0.1, 0.15) is 37.6 Å². The monoisotopic (exact) mass is 459 g/mol. The first kappa shape index (κ1) is 25.9. The quantitative estimate of drug-likeness (QED) is 0.747. The van der Waals surface area contributed by atoms with E-state index in [0.29, 0.717) is 17.8 Å². The zero-order valence-corrected chi connectivity index (χ0v) is 19.2. The molecule has 3 atom stereocenters. The van der Waals surface area contributed by atoms with Gasteiger partial charge in [-0.25, -0.2) is 0 Å². The van der Waals surface area contributed by atoms with E-state index < -0.39 is 12.6 Å². The minimum absolute atomic E-state index is 0.0791. The molecule has 2 amide bonds. The van der Waals surface area contributed by atoms with Crippen LogP contribution in [0, 0.1) is 5.92 Å². The van der Waals surface area contributed by atoms with Gasteiger partial charge >= 0.3 is 6.18 Å². The Morgan fingerprint density at radius 2 is 1.97 bits per heavy atom. The van der Waals surface area contributed by atoms with Crippen molar-refractivity contribution in [1.29, 1.82) is 0 Å². The molecule has 0 fully saturated rings. The van der Waals surface area contributed by atoms with Gasteiger partial charge < -0.3 is 19.7 Å². The van der Waals surface area contributed by atoms with Gasteiger partial charge in [-0.05, 0) is 25.0 Å². The molecule has 0 aliphatic carbocycles. The van der Waals surface area contributed by atoms with Crippen LogP contribution in [0.5, 0.6) is 5.75 Å². The summed E-state index contributed by atoms with van der Waals surface area (Å²) in [7, 11) is 3.17. The van der Waals surface area contributed by atoms with E-state index in [2.05, 4.69) is 5.32 Å². The predicted molar refractivity (Wildman–Crippen MR) is 115 cm³/mol. The Morgan fingerprint density at radius 3 is 2.56 bits per heavy atom. The van der Waals surface area contributed by atoms with Gasteiger partial charge in [-0.2, -0.15) is 13.2 Å². The number of methoxy groups -OCH3 is 1. The van der Waals surface area contributed by atoms with Crippen LogP contribution in [-0.2, 0) is 9.53 Å². The summed E-state index contributed by atoms with van der Waals surface area (Å²) in [5.74, 6) is -0.402. The van der Waals surface area contributed by atoms with Crippen molar-refractivity contribution < 1.29 is 32.2 Å². The number of likely N-dealkylation sites (N-methyl/N-ethyl adjacent to an activating group) is 1. The molecular formula is C22H32F3N3O4. The highest BCUT2D eigenvalue weighted by Gasteiger charge is 2.32. The molecule has 1 aromatic carbocycles. The lowest BCUT2D eigenvalue weighted by Gasteiger charge is -2.36. The number of ether oxygens (including phenoxy) is 2. The number of rotatable bonds is 4. The number of benzene rings is 1. The van der Waals surface area contributed by atoms with E-state index in [1.807, 2.05) is 6.92 Å². The SMILES string of the molecule is CO[C@@H]1CN(C)C(=O)c2ccc(NC(C)=O)cc2OC[C@H](C)N(CCC(F)(F)F)C[C@H]1C. The highest BCUT2D eigenvalue weighted by molar-refractivity contribution is 5.98. The fourth-order valence-corrected chi connectivity index (χ4v) is 3.71. The van der Waals surface area contributed by atoms with E-state index >= 15 is 0 Å². The number of nitrogens with one attached hydrogen (secondary N) is 1. The van der Waals surface area contributed by atoms with Crippen molar-refractivity contribution in [1.82, 2.24) is 9.80 Å². The topological polar surface area (TPSA) is 71.1 Å². The van der Waals surface area contributed by atoms with E-state index in [0.717, 1.165) is 0 Å². The van der Waals surface area contributed by atoms with Gasteiger partial charge in [-0.15, -0.1) is 0 Å². The second-order valence-corrected chi connectivity index (χ2v) is 8.35. The normalized spacial score (nSPS) is 23.6. The van der Waals surface area contributed by atoms with Crippen molar-refractivity contribution in [3.8, 4) is 5.75 Å². The molecule has 1 aliphatic rings. The average molecular weight is 460 g/mol. The van der Waals surface area contributed by atoms with Gasteiger partial charge in [0.2, 0.25) is 5.91 Å². The molecule has 1 heterocycles. The van der Waals surface area contributed by atoms with Gasteiger partial charge in [-0.3, -0.25) is 14.5 Å². The molecule has 2 rings (SSSR count). The lowest BCUT2D eigenvalue weighted by molar-refractivity contribution is -0.140. The number of nitrogens with zero attached hydrogens (tertiary/aromatic N) is 2. The summed E-state index contributed by atoms with van der Waals surface area (Å²) in [6.07, 6.45) is -5.55. The Morgan fingerprint density at radius 1 is 1.28 bits per heavy atom. The van der Waals surface area contributed by atoms with Crippen LogP contribution in [0.3, 0.4) is 0 Å². The fourth-order valence-electron chi connectivity index (χ4n) is 3.71. The maximum Gasteiger partial charge on any atom is 0.390 e. The van der Waals surface area contributed by atoms with Crippen molar-refractivity contribution in [3.63, 3.8) is 0 Å². The van der Waals surface area contributed by atoms with Crippen LogP contribution < -0.4 is 10.1 Å². The molecule has 1 aliphatic heterocycles. The van der Waals surface area contributed by atoms with E-state index in [1.165, 1.54) is 18.9 Å². The minimum Gasteiger partial charge on any atom is -0.491 e. The average Bonchev–Trinajstić information content (AvgIpc) is 2.70. The zero-order valence-electron chi connectivity index (χ0n) is 19.2. The molecule has 32 heavy (non-hydrogen) atoms. The summed E-state index contributed by atoms with van der Waals surface area (Å²) in [5, 5.41) is 2.65. The van der Waals surface area contributed by atoms with Crippen molar-refractivity contribution in [3.05, 3.63) is 23.8 Å². The first-order chi connectivity index (χ1) is 14.9. The number of anilines is 1. The van der Waals surface area contributed by atoms with Gasteiger partial charge in [0.25, 0.3) is 5.91 Å². The molecule has 10 heteroatoms. The van der Waals surface area contributed by atoms with Crippen LogP contribution in [0.15, 0.2) is 18.2 Å². The maximum absolute atomic E-state index is 13.1. The Kier molecular flexibility index (Phi) is 8.91. The summed E-state index contributed by atoms with van der Waals surface area (Å²) in [6, 6.07) is 4.39. The van der Waals surface area contributed by atoms with Crippen LogP contribution >= 0.6 is 0 Å². The van der Waals surface area contributed by atoms with Gasteiger partial charge in [0, 0.05) is 58.5 Å². The molecule has 0 saturated carbocycles. The highest BCUT2D eigenvalue weighted by atomic mass is 19.4. The van der Waals surface area contributed by atoms with Crippen LogP contribution in [0.25, 0.3) is 0 Å². The van der Waals surface area contributed by atoms with Gasteiger partial charge in [0.1, 0.15) is 12.4 Å². The fraction of sp³-hybridized carbons (Fsp3) is 0.636. The number of carbonyl (C=O) groups is 2. The van der Waals surface area contributed by atoms with Crippen molar-refractivity contribution in [2.24, 2.45) is 5.92 Å². The first-order valence-electron chi connectivity index (χ1n) is 10.5. The molecule has 1 aromatic rings. The maximum atomic E-state index is 13.1. The van der Waals surface area contributed by atoms with Crippen LogP contribution in [-0.4, -0.2) is 80.3 Å². The number of halogens is 3. The smallest absolute Gasteiger partial charge is 0.390 e. The standard InChI is InChI=1S/C22H32F3N3O4/c1-14-11-28(9-8-22(23,24)25)15(2)13-32-19-10-17(26-16(3)29)6-7-18(19)21(30)27(4)12-20(14)31-5/h6-7,10,14-15,20H,8-9,11-13H2,1-5H3,(H,26,29)/t14-,15+,20-/m1/s1. The molecule has 180 valence electrons. The Hall–Kier alpha value is -2.33. The lowest BCUT2D eigenvalue weighted by Crippen LogP contribution is -2.47. The van der Waals surface area contributed by atoms with Crippen LogP contribution in [0.4, 0.5) is 18.9 Å². The van der Waals surface area contributed by atoms with E-state index in [-0.39, 0.29) is 55.3 Å². The molecule has 0 unspecified atom stereocenters. The minimum atomic E-state index is -4.26. The molecule has 0 bridgehead atoms. The summed E-state index contributed by atoms with van der Waals surface area (Å²) >= 11 is 0. The summed E-state index contributed by atoms with van der Waals surface area (Å²) in [4.78, 5) is 27.7.